The molecule has 0 bridgehead atoms. The van der Waals surface area contributed by atoms with E-state index in [1.165, 1.54) is 38.6 Å². The second-order valence-electron chi connectivity index (χ2n) is 4.52. The second kappa shape index (κ2) is 5.32. The molecular weight excluding hydrogens is 182 g/mol. The fourth-order valence-corrected chi connectivity index (χ4v) is 2.35. The maximum absolute atomic E-state index is 3.66. The number of aryl methyl sites for hydroxylation is 1. The molecule has 0 fully saturated rings. The molecule has 0 heterocycles. The van der Waals surface area contributed by atoms with Crippen molar-refractivity contribution >= 4 is 0 Å². The van der Waals surface area contributed by atoms with Gasteiger partial charge in [0, 0.05) is 6.04 Å². The maximum Gasteiger partial charge on any atom is 0.0111 e. The van der Waals surface area contributed by atoms with Gasteiger partial charge in [0.15, 0.2) is 0 Å². The predicted molar refractivity (Wildman–Crippen MR) is 65.2 cm³/mol. The molecule has 1 aliphatic carbocycles. The van der Waals surface area contributed by atoms with Crippen LogP contribution in [0.25, 0.3) is 0 Å². The Labute approximate surface area is 92.9 Å². The minimum Gasteiger partial charge on any atom is -0.314 e. The highest BCUT2D eigenvalue weighted by Crippen LogP contribution is 2.20. The van der Waals surface area contributed by atoms with E-state index >= 15 is 0 Å². The molecule has 1 aliphatic rings. The summed E-state index contributed by atoms with van der Waals surface area (Å²) in [5.41, 5.74) is 3.11. The summed E-state index contributed by atoms with van der Waals surface area (Å²) >= 11 is 0. The van der Waals surface area contributed by atoms with E-state index in [0.717, 1.165) is 0 Å². The number of nitrogens with one attached hydrogen (secondary N) is 1. The molecule has 82 valence electrons. The fourth-order valence-electron chi connectivity index (χ4n) is 2.35. The zero-order chi connectivity index (χ0) is 10.5. The number of benzene rings is 1. The maximum atomic E-state index is 3.66. The summed E-state index contributed by atoms with van der Waals surface area (Å²) in [5, 5.41) is 3.66. The topological polar surface area (TPSA) is 12.0 Å². The molecule has 15 heavy (non-hydrogen) atoms. The van der Waals surface area contributed by atoms with Crippen molar-refractivity contribution < 1.29 is 0 Å². The van der Waals surface area contributed by atoms with Crippen LogP contribution in [0.2, 0.25) is 0 Å². The third-order valence-corrected chi connectivity index (χ3v) is 3.31. The van der Waals surface area contributed by atoms with Crippen LogP contribution in [0.4, 0.5) is 0 Å². The molecule has 0 aromatic heterocycles. The van der Waals surface area contributed by atoms with Gasteiger partial charge in [-0.2, -0.15) is 0 Å². The first kappa shape index (κ1) is 10.7. The highest BCUT2D eigenvalue weighted by Gasteiger charge is 2.16. The molecule has 0 radical (unpaired) electrons. The van der Waals surface area contributed by atoms with Crippen molar-refractivity contribution in [2.45, 2.75) is 45.1 Å². The average molecular weight is 203 g/mol. The Kier molecular flexibility index (Phi) is 3.79. The van der Waals surface area contributed by atoms with E-state index in [2.05, 4.69) is 36.5 Å². The summed E-state index contributed by atoms with van der Waals surface area (Å²) in [6.07, 6.45) is 6.37. The first-order valence-corrected chi connectivity index (χ1v) is 6.20. The Balaban J connectivity index is 1.88. The summed E-state index contributed by atoms with van der Waals surface area (Å²) in [6, 6.07) is 9.59. The molecule has 0 amide bonds. The second-order valence-corrected chi connectivity index (χ2v) is 4.52. The van der Waals surface area contributed by atoms with Gasteiger partial charge in [0.1, 0.15) is 0 Å². The molecule has 0 saturated heterocycles. The van der Waals surface area contributed by atoms with E-state index in [4.69, 9.17) is 0 Å². The van der Waals surface area contributed by atoms with Gasteiger partial charge < -0.3 is 5.32 Å². The lowest BCUT2D eigenvalue weighted by molar-refractivity contribution is 0.453. The fraction of sp³-hybridized carbons (Fsp3) is 0.571. The SMILES string of the molecule is CCCCN[C@@H]1CCc2ccccc2C1. The molecular formula is C14H21N. The van der Waals surface area contributed by atoms with Crippen LogP contribution < -0.4 is 5.32 Å². The molecule has 1 aromatic rings. The standard InChI is InChI=1S/C14H21N/c1-2-3-10-15-14-9-8-12-6-4-5-7-13(12)11-14/h4-7,14-15H,2-3,8-11H2,1H3/t14-/m1/s1. The van der Waals surface area contributed by atoms with Gasteiger partial charge in [-0.25, -0.2) is 0 Å². The van der Waals surface area contributed by atoms with Crippen LogP contribution >= 0.6 is 0 Å². The smallest absolute Gasteiger partial charge is 0.0111 e. The normalized spacial score (nSPS) is 19.9. The minimum absolute atomic E-state index is 0.714. The Hall–Kier alpha value is -0.820. The van der Waals surface area contributed by atoms with Crippen LogP contribution in [0.3, 0.4) is 0 Å². The summed E-state index contributed by atoms with van der Waals surface area (Å²) in [5.74, 6) is 0. The van der Waals surface area contributed by atoms with Crippen molar-refractivity contribution in [1.82, 2.24) is 5.32 Å². The number of fused-ring (bicyclic) bond motifs is 1. The van der Waals surface area contributed by atoms with Crippen LogP contribution in [0, 0.1) is 0 Å². The molecule has 2 rings (SSSR count). The molecule has 1 N–H and O–H groups in total. The Bertz CT molecular complexity index is 306. The zero-order valence-electron chi connectivity index (χ0n) is 9.63. The average Bonchev–Trinajstić information content (AvgIpc) is 2.29. The number of rotatable bonds is 4. The van der Waals surface area contributed by atoms with Crippen LogP contribution in [0.1, 0.15) is 37.3 Å². The van der Waals surface area contributed by atoms with Gasteiger partial charge in [-0.05, 0) is 43.4 Å². The Morgan fingerprint density at radius 3 is 2.87 bits per heavy atom. The lowest BCUT2D eigenvalue weighted by atomic mass is 9.88. The van der Waals surface area contributed by atoms with Gasteiger partial charge in [-0.15, -0.1) is 0 Å². The lowest BCUT2D eigenvalue weighted by Gasteiger charge is -2.25. The number of unbranched alkanes of at least 4 members (excludes halogenated alkanes) is 1. The van der Waals surface area contributed by atoms with E-state index in [1.54, 1.807) is 11.1 Å². The van der Waals surface area contributed by atoms with Gasteiger partial charge in [-0.1, -0.05) is 37.6 Å². The molecule has 1 atom stereocenters. The third-order valence-electron chi connectivity index (χ3n) is 3.31. The van der Waals surface area contributed by atoms with Crippen LogP contribution in [0.15, 0.2) is 24.3 Å². The monoisotopic (exact) mass is 203 g/mol. The molecule has 0 saturated carbocycles. The first-order chi connectivity index (χ1) is 7.40. The van der Waals surface area contributed by atoms with Crippen LogP contribution in [0.5, 0.6) is 0 Å². The van der Waals surface area contributed by atoms with Gasteiger partial charge in [0.25, 0.3) is 0 Å². The molecule has 1 aromatic carbocycles. The highest BCUT2D eigenvalue weighted by molar-refractivity contribution is 5.30. The van der Waals surface area contributed by atoms with E-state index in [1.807, 2.05) is 0 Å². The molecule has 1 nitrogen and oxygen atoms in total. The lowest BCUT2D eigenvalue weighted by Crippen LogP contribution is -2.35. The quantitative estimate of drug-likeness (QED) is 0.742. The van der Waals surface area contributed by atoms with E-state index < -0.39 is 0 Å². The number of hydrogen-bond donors (Lipinski definition) is 1. The van der Waals surface area contributed by atoms with E-state index in [-0.39, 0.29) is 0 Å². The van der Waals surface area contributed by atoms with Crippen molar-refractivity contribution in [3.05, 3.63) is 35.4 Å². The highest BCUT2D eigenvalue weighted by atomic mass is 14.9. The van der Waals surface area contributed by atoms with Crippen molar-refractivity contribution in [3.63, 3.8) is 0 Å². The molecule has 0 spiro atoms. The Morgan fingerprint density at radius 1 is 1.27 bits per heavy atom. The third kappa shape index (κ3) is 2.82. The van der Waals surface area contributed by atoms with Gasteiger partial charge >= 0.3 is 0 Å². The summed E-state index contributed by atoms with van der Waals surface area (Å²) < 4.78 is 0. The minimum atomic E-state index is 0.714. The van der Waals surface area contributed by atoms with Crippen molar-refractivity contribution in [2.24, 2.45) is 0 Å². The molecule has 1 heteroatoms. The van der Waals surface area contributed by atoms with Gasteiger partial charge in [0.05, 0.1) is 0 Å². The van der Waals surface area contributed by atoms with Crippen molar-refractivity contribution in [3.8, 4) is 0 Å². The summed E-state index contributed by atoms with van der Waals surface area (Å²) in [7, 11) is 0. The largest absolute Gasteiger partial charge is 0.314 e. The molecule has 0 unspecified atom stereocenters. The zero-order valence-corrected chi connectivity index (χ0v) is 9.63. The van der Waals surface area contributed by atoms with E-state index in [9.17, 15) is 0 Å². The Morgan fingerprint density at radius 2 is 2.07 bits per heavy atom. The number of hydrogen-bond acceptors (Lipinski definition) is 1. The van der Waals surface area contributed by atoms with Gasteiger partial charge in [0.2, 0.25) is 0 Å². The van der Waals surface area contributed by atoms with Crippen LogP contribution in [-0.2, 0) is 12.8 Å². The van der Waals surface area contributed by atoms with Crippen LogP contribution in [-0.4, -0.2) is 12.6 Å². The summed E-state index contributed by atoms with van der Waals surface area (Å²) in [4.78, 5) is 0. The first-order valence-electron chi connectivity index (χ1n) is 6.20. The van der Waals surface area contributed by atoms with Gasteiger partial charge in [-0.3, -0.25) is 0 Å². The predicted octanol–water partition coefficient (Wildman–Crippen LogP) is 2.93. The summed E-state index contributed by atoms with van der Waals surface area (Å²) in [6.45, 7) is 3.43. The molecule has 0 aliphatic heterocycles. The van der Waals surface area contributed by atoms with E-state index in [0.29, 0.717) is 6.04 Å². The van der Waals surface area contributed by atoms with Crippen molar-refractivity contribution in [2.75, 3.05) is 6.54 Å². The van der Waals surface area contributed by atoms with Crippen molar-refractivity contribution in [1.29, 1.82) is 0 Å².